The monoisotopic (exact) mass is 333 g/mol. The molecule has 0 aliphatic heterocycles. The smallest absolute Gasteiger partial charge is 0.102 e. The fourth-order valence-corrected chi connectivity index (χ4v) is 2.44. The van der Waals surface area contributed by atoms with Crippen molar-refractivity contribution in [1.29, 1.82) is 0 Å². The largest absolute Gasteiger partial charge is 1.00 e. The van der Waals surface area contributed by atoms with E-state index >= 15 is 0 Å². The van der Waals surface area contributed by atoms with Crippen LogP contribution in [0.3, 0.4) is 0 Å². The van der Waals surface area contributed by atoms with Gasteiger partial charge in [0.15, 0.2) is 0 Å². The van der Waals surface area contributed by atoms with E-state index in [9.17, 15) is 0 Å². The van der Waals surface area contributed by atoms with Crippen molar-refractivity contribution in [3.63, 3.8) is 0 Å². The van der Waals surface area contributed by atoms with Crippen LogP contribution in [-0.2, 0) is 11.3 Å². The van der Waals surface area contributed by atoms with Crippen molar-refractivity contribution in [2.45, 2.75) is 20.5 Å². The number of ether oxygens (including phenoxy) is 1. The number of quaternary nitrogens is 1. The Labute approximate surface area is 147 Å². The Kier molecular flexibility index (Phi) is 7.77. The van der Waals surface area contributed by atoms with Crippen LogP contribution >= 0.6 is 0 Å². The summed E-state index contributed by atoms with van der Waals surface area (Å²) in [5, 5.41) is 0. The summed E-state index contributed by atoms with van der Waals surface area (Å²) in [6.45, 7) is 8.02. The summed E-state index contributed by atoms with van der Waals surface area (Å²) in [6, 6.07) is 17.1. The Hall–Kier alpha value is -1.35. The van der Waals surface area contributed by atoms with E-state index in [1.54, 1.807) is 0 Å². The van der Waals surface area contributed by atoms with Crippen molar-refractivity contribution in [3.8, 4) is 11.1 Å². The number of rotatable bonds is 7. The van der Waals surface area contributed by atoms with Crippen LogP contribution in [-0.4, -0.2) is 38.3 Å². The van der Waals surface area contributed by atoms with Gasteiger partial charge in [0.2, 0.25) is 0 Å². The summed E-state index contributed by atoms with van der Waals surface area (Å²) in [5.74, 6) is 0. The molecule has 2 aromatic carbocycles. The Morgan fingerprint density at radius 2 is 1.52 bits per heavy atom. The minimum Gasteiger partial charge on any atom is -1.00 e. The van der Waals surface area contributed by atoms with E-state index in [0.29, 0.717) is 6.61 Å². The molecule has 0 spiro atoms. The van der Waals surface area contributed by atoms with Gasteiger partial charge >= 0.3 is 0 Å². The minimum absolute atomic E-state index is 0. The molecule has 0 amide bonds. The fraction of sp³-hybridized carbons (Fsp3) is 0.400. The van der Waals surface area contributed by atoms with Crippen LogP contribution in [0, 0.1) is 6.92 Å². The van der Waals surface area contributed by atoms with Crippen LogP contribution in [0.2, 0.25) is 0 Å². The Morgan fingerprint density at radius 1 is 0.913 bits per heavy atom. The summed E-state index contributed by atoms with van der Waals surface area (Å²) in [5.41, 5.74) is 5.15. The van der Waals surface area contributed by atoms with Gasteiger partial charge in [0.1, 0.15) is 6.54 Å². The number of hydrogen-bond acceptors (Lipinski definition) is 1. The molecule has 2 nitrogen and oxygen atoms in total. The third-order valence-corrected chi connectivity index (χ3v) is 4.41. The lowest BCUT2D eigenvalue weighted by molar-refractivity contribution is -0.888. The molecule has 0 fully saturated rings. The first-order valence-electron chi connectivity index (χ1n) is 8.07. The highest BCUT2D eigenvalue weighted by Gasteiger charge is 2.12. The molecule has 0 aliphatic rings. The maximum Gasteiger partial charge on any atom is 0.102 e. The molecule has 0 radical (unpaired) electrons. The number of benzene rings is 2. The van der Waals surface area contributed by atoms with Crippen LogP contribution < -0.4 is 12.4 Å². The molecule has 0 aromatic heterocycles. The van der Waals surface area contributed by atoms with Gasteiger partial charge in [0, 0.05) is 0 Å². The van der Waals surface area contributed by atoms with Gasteiger partial charge in [-0.25, -0.2) is 0 Å². The first-order chi connectivity index (χ1) is 10.5. The summed E-state index contributed by atoms with van der Waals surface area (Å²) < 4.78 is 6.94. The molecule has 0 heterocycles. The second-order valence-corrected chi connectivity index (χ2v) is 6.50. The highest BCUT2D eigenvalue weighted by Crippen LogP contribution is 2.27. The molecule has 0 unspecified atom stereocenters. The van der Waals surface area contributed by atoms with E-state index in [0.717, 1.165) is 24.2 Å². The molecule has 126 valence electrons. The van der Waals surface area contributed by atoms with Crippen LogP contribution in [0.4, 0.5) is 0 Å². The van der Waals surface area contributed by atoms with Crippen LogP contribution in [0.1, 0.15) is 18.1 Å². The Bertz CT molecular complexity index is 610. The molecule has 0 aliphatic carbocycles. The van der Waals surface area contributed by atoms with Crippen molar-refractivity contribution >= 4 is 0 Å². The molecule has 3 heteroatoms. The summed E-state index contributed by atoms with van der Waals surface area (Å²) in [7, 11) is 4.48. The van der Waals surface area contributed by atoms with Crippen molar-refractivity contribution in [1.82, 2.24) is 0 Å². The predicted molar refractivity (Wildman–Crippen MR) is 93.8 cm³/mol. The van der Waals surface area contributed by atoms with E-state index in [4.69, 9.17) is 4.74 Å². The highest BCUT2D eigenvalue weighted by atomic mass is 35.5. The number of hydrogen-bond donors (Lipinski definition) is 0. The molecule has 0 N–H and O–H groups in total. The van der Waals surface area contributed by atoms with Gasteiger partial charge in [-0.05, 0) is 36.1 Å². The van der Waals surface area contributed by atoms with Gasteiger partial charge in [0.05, 0.1) is 33.9 Å². The van der Waals surface area contributed by atoms with Crippen molar-refractivity contribution in [3.05, 3.63) is 59.7 Å². The Morgan fingerprint density at radius 3 is 2.17 bits per heavy atom. The van der Waals surface area contributed by atoms with Gasteiger partial charge in [-0.2, -0.15) is 0 Å². The lowest BCUT2D eigenvalue weighted by atomic mass is 9.96. The standard InChI is InChI=1S/C20H28NO.ClH/c1-5-21(3,4)14-15-22-16-18-11-7-9-13-20(18)19-12-8-6-10-17(19)2;/h6-13H,5,14-16H2,1-4H3;1H/q+1;/p-1. The van der Waals surface area contributed by atoms with E-state index in [1.165, 1.54) is 22.3 Å². The average molecular weight is 334 g/mol. The van der Waals surface area contributed by atoms with Gasteiger partial charge in [-0.3, -0.25) is 0 Å². The second-order valence-electron chi connectivity index (χ2n) is 6.50. The quantitative estimate of drug-likeness (QED) is 0.548. The maximum atomic E-state index is 5.94. The maximum absolute atomic E-state index is 5.94. The molecular formula is C20H28ClNO. The first-order valence-corrected chi connectivity index (χ1v) is 8.07. The second kappa shape index (κ2) is 9.07. The van der Waals surface area contributed by atoms with Gasteiger partial charge in [-0.1, -0.05) is 48.5 Å². The molecular weight excluding hydrogens is 306 g/mol. The van der Waals surface area contributed by atoms with Crippen LogP contribution in [0.15, 0.2) is 48.5 Å². The third kappa shape index (κ3) is 5.65. The van der Waals surface area contributed by atoms with E-state index < -0.39 is 0 Å². The number of nitrogens with zero attached hydrogens (tertiary/aromatic N) is 1. The molecule has 0 atom stereocenters. The lowest BCUT2D eigenvalue weighted by Crippen LogP contribution is -3.00. The van der Waals surface area contributed by atoms with E-state index in [1.807, 2.05) is 0 Å². The summed E-state index contributed by atoms with van der Waals surface area (Å²) >= 11 is 0. The molecule has 0 saturated heterocycles. The van der Waals surface area contributed by atoms with E-state index in [2.05, 4.69) is 76.5 Å². The molecule has 23 heavy (non-hydrogen) atoms. The molecule has 2 aromatic rings. The SMILES string of the molecule is CC[N+](C)(C)CCOCc1ccccc1-c1ccccc1C.[Cl-]. The average Bonchev–Trinajstić information content (AvgIpc) is 2.53. The van der Waals surface area contributed by atoms with Crippen LogP contribution in [0.25, 0.3) is 11.1 Å². The third-order valence-electron chi connectivity index (χ3n) is 4.41. The van der Waals surface area contributed by atoms with E-state index in [-0.39, 0.29) is 12.4 Å². The fourth-order valence-electron chi connectivity index (χ4n) is 2.44. The zero-order valence-electron chi connectivity index (χ0n) is 14.7. The zero-order valence-corrected chi connectivity index (χ0v) is 15.4. The first kappa shape index (κ1) is 19.7. The van der Waals surface area contributed by atoms with Gasteiger partial charge in [-0.15, -0.1) is 0 Å². The predicted octanol–water partition coefficient (Wildman–Crippen LogP) is 1.28. The van der Waals surface area contributed by atoms with Crippen molar-refractivity contribution < 1.29 is 21.6 Å². The normalized spacial score (nSPS) is 11.1. The Balaban J connectivity index is 0.00000264. The summed E-state index contributed by atoms with van der Waals surface area (Å²) in [6.07, 6.45) is 0. The topological polar surface area (TPSA) is 9.23 Å². The highest BCUT2D eigenvalue weighted by molar-refractivity contribution is 5.70. The summed E-state index contributed by atoms with van der Waals surface area (Å²) in [4.78, 5) is 0. The molecule has 2 rings (SSSR count). The van der Waals surface area contributed by atoms with Gasteiger partial charge < -0.3 is 21.6 Å². The molecule has 0 saturated carbocycles. The minimum atomic E-state index is 0. The zero-order chi connectivity index (χ0) is 16.0. The van der Waals surface area contributed by atoms with Crippen LogP contribution in [0.5, 0.6) is 0 Å². The molecule has 0 bridgehead atoms. The van der Waals surface area contributed by atoms with Crippen molar-refractivity contribution in [2.75, 3.05) is 33.8 Å². The lowest BCUT2D eigenvalue weighted by Gasteiger charge is -2.27. The van der Waals surface area contributed by atoms with Crippen molar-refractivity contribution in [2.24, 2.45) is 0 Å². The number of aryl methyl sites for hydroxylation is 1. The van der Waals surface area contributed by atoms with Gasteiger partial charge in [0.25, 0.3) is 0 Å². The number of likely N-dealkylation sites (N-methyl/N-ethyl adjacent to an activating group) is 1. The number of halogens is 1.